The molecule has 0 aromatic carbocycles. The van der Waals surface area contributed by atoms with E-state index in [1.165, 1.54) is 16.8 Å². The summed E-state index contributed by atoms with van der Waals surface area (Å²) in [7, 11) is 3.09. The first kappa shape index (κ1) is 11.7. The van der Waals surface area contributed by atoms with Crippen LogP contribution in [-0.2, 0) is 9.47 Å². The molecule has 0 fully saturated rings. The smallest absolute Gasteiger partial charge is 0.243 e. The van der Waals surface area contributed by atoms with Gasteiger partial charge < -0.3 is 14.8 Å². The Balaban J connectivity index is 2.09. The van der Waals surface area contributed by atoms with Crippen LogP contribution in [0.2, 0.25) is 0 Å². The number of halogens is 1. The van der Waals surface area contributed by atoms with Gasteiger partial charge in [-0.05, 0) is 12.1 Å². The predicted molar refractivity (Wildman–Crippen MR) is 59.2 cm³/mol. The van der Waals surface area contributed by atoms with Crippen LogP contribution in [0.25, 0.3) is 5.65 Å². The molecule has 7 heteroatoms. The standard InChI is InChI=1S/C10H13FN4O2/c1-16-9(17-2)5-12-10-13-8-4-3-7(11)6-15(8)14-10/h3-4,6,9H,5H2,1-2H3,(H,12,14). The van der Waals surface area contributed by atoms with Gasteiger partial charge in [-0.15, -0.1) is 5.10 Å². The van der Waals surface area contributed by atoms with Gasteiger partial charge in [0.05, 0.1) is 12.7 Å². The highest BCUT2D eigenvalue weighted by atomic mass is 19.1. The molecule has 1 N–H and O–H groups in total. The number of aromatic nitrogens is 3. The molecule has 0 atom stereocenters. The summed E-state index contributed by atoms with van der Waals surface area (Å²) in [4.78, 5) is 4.16. The van der Waals surface area contributed by atoms with E-state index >= 15 is 0 Å². The van der Waals surface area contributed by atoms with Crippen LogP contribution in [0.1, 0.15) is 0 Å². The molecule has 0 unspecified atom stereocenters. The summed E-state index contributed by atoms with van der Waals surface area (Å²) in [5, 5.41) is 7.00. The van der Waals surface area contributed by atoms with E-state index in [9.17, 15) is 4.39 Å². The maximum absolute atomic E-state index is 12.9. The van der Waals surface area contributed by atoms with Gasteiger partial charge in [0.2, 0.25) is 5.95 Å². The average Bonchev–Trinajstić information content (AvgIpc) is 2.72. The Morgan fingerprint density at radius 1 is 1.41 bits per heavy atom. The molecule has 0 amide bonds. The van der Waals surface area contributed by atoms with E-state index in [1.807, 2.05) is 0 Å². The van der Waals surface area contributed by atoms with Crippen molar-refractivity contribution in [2.75, 3.05) is 26.1 Å². The van der Waals surface area contributed by atoms with Crippen molar-refractivity contribution in [1.29, 1.82) is 0 Å². The third-order valence-electron chi connectivity index (χ3n) is 2.25. The first-order valence-corrected chi connectivity index (χ1v) is 5.04. The normalized spacial score (nSPS) is 11.3. The predicted octanol–water partition coefficient (Wildman–Crippen LogP) is 0.899. The largest absolute Gasteiger partial charge is 0.354 e. The van der Waals surface area contributed by atoms with E-state index in [0.29, 0.717) is 18.1 Å². The van der Waals surface area contributed by atoms with Crippen molar-refractivity contribution in [1.82, 2.24) is 14.6 Å². The Morgan fingerprint density at radius 3 is 2.88 bits per heavy atom. The van der Waals surface area contributed by atoms with E-state index in [-0.39, 0.29) is 12.1 Å². The van der Waals surface area contributed by atoms with Gasteiger partial charge in [0.1, 0.15) is 5.82 Å². The fraction of sp³-hybridized carbons (Fsp3) is 0.400. The number of pyridine rings is 1. The van der Waals surface area contributed by atoms with Gasteiger partial charge in [0, 0.05) is 14.2 Å². The molecule has 6 nitrogen and oxygen atoms in total. The van der Waals surface area contributed by atoms with Gasteiger partial charge in [-0.3, -0.25) is 0 Å². The Kier molecular flexibility index (Phi) is 3.50. The Labute approximate surface area is 97.4 Å². The van der Waals surface area contributed by atoms with Crippen LogP contribution in [0.3, 0.4) is 0 Å². The zero-order chi connectivity index (χ0) is 12.3. The van der Waals surface area contributed by atoms with Crippen LogP contribution in [0.5, 0.6) is 0 Å². The van der Waals surface area contributed by atoms with Crippen molar-refractivity contribution < 1.29 is 13.9 Å². The van der Waals surface area contributed by atoms with Crippen LogP contribution in [0, 0.1) is 5.82 Å². The van der Waals surface area contributed by atoms with Crippen LogP contribution in [0.15, 0.2) is 18.3 Å². The third kappa shape index (κ3) is 2.69. The van der Waals surface area contributed by atoms with E-state index in [1.54, 1.807) is 20.3 Å². The lowest BCUT2D eigenvalue weighted by molar-refractivity contribution is -0.0914. The van der Waals surface area contributed by atoms with E-state index in [0.717, 1.165) is 0 Å². The number of anilines is 1. The number of methoxy groups -OCH3 is 2. The minimum Gasteiger partial charge on any atom is -0.354 e. The van der Waals surface area contributed by atoms with E-state index in [4.69, 9.17) is 9.47 Å². The van der Waals surface area contributed by atoms with Crippen LogP contribution in [-0.4, -0.2) is 41.7 Å². The van der Waals surface area contributed by atoms with Gasteiger partial charge >= 0.3 is 0 Å². The Morgan fingerprint density at radius 2 is 2.18 bits per heavy atom. The molecule has 0 saturated heterocycles. The van der Waals surface area contributed by atoms with Gasteiger partial charge in [-0.2, -0.15) is 4.98 Å². The molecule has 2 rings (SSSR count). The highest BCUT2D eigenvalue weighted by Crippen LogP contribution is 2.07. The molecule has 0 bridgehead atoms. The lowest BCUT2D eigenvalue weighted by Crippen LogP contribution is -2.24. The number of hydrogen-bond acceptors (Lipinski definition) is 5. The Bertz CT molecular complexity index is 498. The van der Waals surface area contributed by atoms with Crippen LogP contribution < -0.4 is 5.32 Å². The number of nitrogens with one attached hydrogen (secondary N) is 1. The second kappa shape index (κ2) is 5.07. The first-order valence-electron chi connectivity index (χ1n) is 5.04. The van der Waals surface area contributed by atoms with Crippen molar-refractivity contribution >= 4 is 11.6 Å². The van der Waals surface area contributed by atoms with Crippen molar-refractivity contribution in [3.8, 4) is 0 Å². The van der Waals surface area contributed by atoms with Crippen molar-refractivity contribution in [2.45, 2.75) is 6.29 Å². The number of fused-ring (bicyclic) bond motifs is 1. The van der Waals surface area contributed by atoms with Crippen LogP contribution >= 0.6 is 0 Å². The summed E-state index contributed by atoms with van der Waals surface area (Å²) < 4.78 is 24.3. The summed E-state index contributed by atoms with van der Waals surface area (Å²) in [6, 6.07) is 2.89. The minimum atomic E-state index is -0.377. The molecule has 0 spiro atoms. The number of ether oxygens (including phenoxy) is 2. The SMILES string of the molecule is COC(CNc1nc2ccc(F)cn2n1)OC. The number of rotatable bonds is 5. The number of nitrogens with zero attached hydrogens (tertiary/aromatic N) is 3. The average molecular weight is 240 g/mol. The molecule has 0 aliphatic rings. The monoisotopic (exact) mass is 240 g/mol. The molecular formula is C10H13FN4O2. The minimum absolute atomic E-state index is 0.361. The first-order chi connectivity index (χ1) is 8.22. The van der Waals surface area contributed by atoms with E-state index < -0.39 is 0 Å². The topological polar surface area (TPSA) is 60.7 Å². The second-order valence-corrected chi connectivity index (χ2v) is 3.37. The molecule has 0 aliphatic heterocycles. The number of hydrogen-bond donors (Lipinski definition) is 1. The molecular weight excluding hydrogens is 227 g/mol. The third-order valence-corrected chi connectivity index (χ3v) is 2.25. The molecule has 0 aliphatic carbocycles. The summed E-state index contributed by atoms with van der Waals surface area (Å²) in [6.07, 6.45) is 0.885. The van der Waals surface area contributed by atoms with Crippen molar-refractivity contribution in [2.24, 2.45) is 0 Å². The fourth-order valence-corrected chi connectivity index (χ4v) is 1.37. The summed E-state index contributed by atoms with van der Waals surface area (Å²) in [5.74, 6) is 0.0373. The van der Waals surface area contributed by atoms with Gasteiger partial charge in [-0.25, -0.2) is 8.91 Å². The molecule has 17 heavy (non-hydrogen) atoms. The lowest BCUT2D eigenvalue weighted by atomic mass is 10.5. The van der Waals surface area contributed by atoms with Crippen LogP contribution in [0.4, 0.5) is 10.3 Å². The highest BCUT2D eigenvalue weighted by molar-refractivity contribution is 5.42. The zero-order valence-electron chi connectivity index (χ0n) is 9.55. The fourth-order valence-electron chi connectivity index (χ4n) is 1.37. The quantitative estimate of drug-likeness (QED) is 0.787. The molecule has 0 radical (unpaired) electrons. The summed E-state index contributed by atoms with van der Waals surface area (Å²) >= 11 is 0. The van der Waals surface area contributed by atoms with Crippen molar-refractivity contribution in [3.05, 3.63) is 24.1 Å². The maximum atomic E-state index is 12.9. The molecule has 0 saturated carbocycles. The maximum Gasteiger partial charge on any atom is 0.243 e. The van der Waals surface area contributed by atoms with Crippen molar-refractivity contribution in [3.63, 3.8) is 0 Å². The molecule has 2 heterocycles. The molecule has 92 valence electrons. The highest BCUT2D eigenvalue weighted by Gasteiger charge is 2.08. The zero-order valence-corrected chi connectivity index (χ0v) is 9.55. The molecule has 2 aromatic rings. The molecule has 2 aromatic heterocycles. The Hall–Kier alpha value is -1.73. The lowest BCUT2D eigenvalue weighted by Gasteiger charge is -2.12. The van der Waals surface area contributed by atoms with E-state index in [2.05, 4.69) is 15.4 Å². The van der Waals surface area contributed by atoms with Gasteiger partial charge in [0.25, 0.3) is 0 Å². The summed E-state index contributed by atoms with van der Waals surface area (Å²) in [6.45, 7) is 0.409. The second-order valence-electron chi connectivity index (χ2n) is 3.37. The summed E-state index contributed by atoms with van der Waals surface area (Å²) in [5.41, 5.74) is 0.570. The van der Waals surface area contributed by atoms with Gasteiger partial charge in [0.15, 0.2) is 11.9 Å². The van der Waals surface area contributed by atoms with Gasteiger partial charge in [-0.1, -0.05) is 0 Å².